The summed E-state index contributed by atoms with van der Waals surface area (Å²) >= 11 is 14.3. The van der Waals surface area contributed by atoms with E-state index in [1.807, 2.05) is 53.4 Å². The fourth-order valence-electron chi connectivity index (χ4n) is 8.20. The lowest BCUT2D eigenvalue weighted by atomic mass is 9.78. The molecule has 4 heterocycles. The zero-order chi connectivity index (χ0) is 35.7. The van der Waals surface area contributed by atoms with Crippen LogP contribution in [0.2, 0.25) is 10.0 Å². The Morgan fingerprint density at radius 1 is 0.824 bits per heavy atom. The van der Waals surface area contributed by atoms with E-state index in [4.69, 9.17) is 42.6 Å². The molecule has 1 amide bonds. The van der Waals surface area contributed by atoms with Crippen LogP contribution in [0.25, 0.3) is 33.6 Å². The van der Waals surface area contributed by atoms with Gasteiger partial charge in [0, 0.05) is 91.3 Å². The quantitative estimate of drug-likeness (QED) is 0.162. The number of nitrogens with zero attached hydrogens (tertiary/aromatic N) is 4. The molecule has 2 aliphatic heterocycles. The Hall–Kier alpha value is -3.98. The molecule has 1 saturated carbocycles. The van der Waals surface area contributed by atoms with Gasteiger partial charge in [-0.05, 0) is 50.2 Å². The van der Waals surface area contributed by atoms with Crippen LogP contribution in [0.3, 0.4) is 0 Å². The topological polar surface area (TPSA) is 84.9 Å². The zero-order valence-electron chi connectivity index (χ0n) is 29.5. The van der Waals surface area contributed by atoms with E-state index in [0.29, 0.717) is 52.0 Å². The summed E-state index contributed by atoms with van der Waals surface area (Å²) in [5.74, 6) is 2.30. The van der Waals surface area contributed by atoms with E-state index < -0.39 is 0 Å². The third-order valence-corrected chi connectivity index (χ3v) is 11.8. The second kappa shape index (κ2) is 14.9. The number of aryl methyl sites for hydroxylation is 1. The molecule has 51 heavy (non-hydrogen) atoms. The number of hydrogen-bond donors (Lipinski definition) is 0. The molecule has 3 aliphatic rings. The predicted octanol–water partition coefficient (Wildman–Crippen LogP) is 8.55. The summed E-state index contributed by atoms with van der Waals surface area (Å²) in [6.07, 6.45) is 6.37. The van der Waals surface area contributed by atoms with Crippen LogP contribution in [0.1, 0.15) is 56.6 Å². The van der Waals surface area contributed by atoms with Crippen LogP contribution in [0, 0.1) is 11.3 Å². The Bertz CT molecular complexity index is 1950. The van der Waals surface area contributed by atoms with Gasteiger partial charge in [-0.2, -0.15) is 0 Å². The first-order chi connectivity index (χ1) is 24.7. The Morgan fingerprint density at radius 3 is 1.90 bits per heavy atom. The van der Waals surface area contributed by atoms with E-state index in [1.54, 1.807) is 21.1 Å². The van der Waals surface area contributed by atoms with Crippen LogP contribution in [-0.2, 0) is 22.6 Å². The fraction of sp³-hybridized carbons (Fsp3) is 0.415. The molecule has 4 aromatic rings. The van der Waals surface area contributed by atoms with Crippen LogP contribution in [0.15, 0.2) is 60.7 Å². The number of aromatic nitrogens is 2. The Morgan fingerprint density at radius 2 is 1.37 bits per heavy atom. The summed E-state index contributed by atoms with van der Waals surface area (Å²) in [7, 11) is 3.29. The van der Waals surface area contributed by atoms with Gasteiger partial charge in [-0.3, -0.25) is 14.5 Å². The summed E-state index contributed by atoms with van der Waals surface area (Å²) < 4.78 is 11.5. The third-order valence-electron chi connectivity index (χ3n) is 11.0. The van der Waals surface area contributed by atoms with Crippen molar-refractivity contribution >= 4 is 34.9 Å². The summed E-state index contributed by atoms with van der Waals surface area (Å²) in [6.45, 7) is 5.91. The standard InChI is InChI=1S/C41H44Cl2N4O4/c1-26(48)47-20-17-27(18-21-47)10-11-28-12-14-35(44-39(28)50-2)33-8-4-6-31(37(33)42)32-7-5-9-34(38(32)43)36-15-13-29(40(45-36)51-3)23-46-24-41(25-46)19-16-30(49)22-41/h4-9,12-15,27H,10-11,16-25H2,1-3H3. The van der Waals surface area contributed by atoms with Crippen molar-refractivity contribution in [3.63, 3.8) is 0 Å². The normalized spacial score (nSPS) is 17.5. The molecule has 0 bridgehead atoms. The van der Waals surface area contributed by atoms with Gasteiger partial charge < -0.3 is 14.4 Å². The first-order valence-electron chi connectivity index (χ1n) is 17.8. The van der Waals surface area contributed by atoms with Gasteiger partial charge in [0.05, 0.1) is 35.7 Å². The van der Waals surface area contributed by atoms with Gasteiger partial charge in [-0.15, -0.1) is 0 Å². The number of pyridine rings is 2. The van der Waals surface area contributed by atoms with E-state index in [1.165, 1.54) is 0 Å². The van der Waals surface area contributed by atoms with Crippen LogP contribution >= 0.6 is 23.2 Å². The van der Waals surface area contributed by atoms with Crippen molar-refractivity contribution < 1.29 is 19.1 Å². The maximum absolute atomic E-state index is 11.9. The number of Topliss-reactive ketones (excluding diaryl/α,β-unsaturated/α-hetero) is 1. The third kappa shape index (κ3) is 7.37. The van der Waals surface area contributed by atoms with Crippen molar-refractivity contribution in [2.75, 3.05) is 40.4 Å². The number of rotatable bonds is 10. The van der Waals surface area contributed by atoms with E-state index in [9.17, 15) is 9.59 Å². The molecule has 1 spiro atoms. The number of piperidine rings is 1. The average Bonchev–Trinajstić information content (AvgIpc) is 3.52. The number of ketones is 1. The van der Waals surface area contributed by atoms with E-state index >= 15 is 0 Å². The monoisotopic (exact) mass is 726 g/mol. The summed E-state index contributed by atoms with van der Waals surface area (Å²) in [6, 6.07) is 19.9. The van der Waals surface area contributed by atoms with Crippen molar-refractivity contribution in [2.45, 2.75) is 58.4 Å². The Balaban J connectivity index is 1.08. The Labute approximate surface area is 310 Å². The molecular formula is C41H44Cl2N4O4. The van der Waals surface area contributed by atoms with Gasteiger partial charge >= 0.3 is 0 Å². The van der Waals surface area contributed by atoms with Gasteiger partial charge in [0.15, 0.2) is 0 Å². The van der Waals surface area contributed by atoms with Crippen LogP contribution in [0.4, 0.5) is 0 Å². The predicted molar refractivity (Wildman–Crippen MR) is 201 cm³/mol. The van der Waals surface area contributed by atoms with Crippen LogP contribution < -0.4 is 9.47 Å². The van der Waals surface area contributed by atoms with E-state index in [0.717, 1.165) is 104 Å². The number of likely N-dealkylation sites (tertiary alicyclic amines) is 2. The van der Waals surface area contributed by atoms with Gasteiger partial charge in [0.1, 0.15) is 5.78 Å². The molecule has 0 atom stereocenters. The van der Waals surface area contributed by atoms with Gasteiger partial charge in [0.2, 0.25) is 17.7 Å². The molecule has 3 fully saturated rings. The second-order valence-corrected chi connectivity index (χ2v) is 15.2. The SMILES string of the molecule is COc1nc(-c2cccc(-c3cccc(-c4ccc(CN5CC6(CCC(=O)C6)C5)c(OC)n4)c3Cl)c2Cl)ccc1CCC1CCN(C(C)=O)CC1. The highest BCUT2D eigenvalue weighted by Crippen LogP contribution is 2.45. The highest BCUT2D eigenvalue weighted by Gasteiger charge is 2.47. The minimum Gasteiger partial charge on any atom is -0.481 e. The molecule has 8 nitrogen and oxygen atoms in total. The Kier molecular flexibility index (Phi) is 10.4. The van der Waals surface area contributed by atoms with Crippen molar-refractivity contribution in [2.24, 2.45) is 11.3 Å². The molecular weight excluding hydrogens is 683 g/mol. The zero-order valence-corrected chi connectivity index (χ0v) is 31.0. The number of carbonyl (C=O) groups is 2. The second-order valence-electron chi connectivity index (χ2n) is 14.4. The lowest BCUT2D eigenvalue weighted by molar-refractivity contribution is -0.130. The largest absolute Gasteiger partial charge is 0.481 e. The molecule has 7 rings (SSSR count). The molecule has 0 unspecified atom stereocenters. The number of carbonyl (C=O) groups excluding carboxylic acids is 2. The summed E-state index contributed by atoms with van der Waals surface area (Å²) in [5, 5.41) is 1.10. The smallest absolute Gasteiger partial charge is 0.219 e. The number of halogens is 2. The van der Waals surface area contributed by atoms with Crippen LogP contribution in [-0.4, -0.2) is 71.9 Å². The molecule has 2 aromatic heterocycles. The number of hydrogen-bond acceptors (Lipinski definition) is 7. The van der Waals surface area contributed by atoms with Crippen molar-refractivity contribution in [3.8, 4) is 45.4 Å². The highest BCUT2D eigenvalue weighted by molar-refractivity contribution is 6.39. The fourth-order valence-corrected chi connectivity index (χ4v) is 8.85. The highest BCUT2D eigenvalue weighted by atomic mass is 35.5. The summed E-state index contributed by atoms with van der Waals surface area (Å²) in [5.41, 5.74) is 6.83. The molecule has 266 valence electrons. The minimum absolute atomic E-state index is 0.159. The van der Waals surface area contributed by atoms with Crippen molar-refractivity contribution in [1.82, 2.24) is 19.8 Å². The number of benzene rings is 2. The molecule has 1 aliphatic carbocycles. The van der Waals surface area contributed by atoms with Crippen LogP contribution in [0.5, 0.6) is 11.8 Å². The summed E-state index contributed by atoms with van der Waals surface area (Å²) in [4.78, 5) is 37.6. The number of methoxy groups -OCH3 is 2. The number of ether oxygens (including phenoxy) is 2. The lowest BCUT2D eigenvalue weighted by Crippen LogP contribution is -2.54. The molecule has 10 heteroatoms. The minimum atomic E-state index is 0.159. The van der Waals surface area contributed by atoms with Gasteiger partial charge in [0.25, 0.3) is 0 Å². The van der Waals surface area contributed by atoms with Crippen molar-refractivity contribution in [3.05, 3.63) is 81.8 Å². The van der Waals surface area contributed by atoms with E-state index in [-0.39, 0.29) is 11.3 Å². The van der Waals surface area contributed by atoms with Gasteiger partial charge in [-0.25, -0.2) is 9.97 Å². The molecule has 0 radical (unpaired) electrons. The number of amides is 1. The average molecular weight is 728 g/mol. The van der Waals surface area contributed by atoms with Gasteiger partial charge in [-0.1, -0.05) is 71.7 Å². The van der Waals surface area contributed by atoms with E-state index in [2.05, 4.69) is 17.0 Å². The first kappa shape index (κ1) is 35.4. The molecule has 2 saturated heterocycles. The molecule has 2 aromatic carbocycles. The molecule has 0 N–H and O–H groups in total. The lowest BCUT2D eigenvalue weighted by Gasteiger charge is -2.48. The maximum atomic E-state index is 11.9. The van der Waals surface area contributed by atoms with Crippen molar-refractivity contribution in [1.29, 1.82) is 0 Å². The maximum Gasteiger partial charge on any atom is 0.219 e. The first-order valence-corrected chi connectivity index (χ1v) is 18.6.